The summed E-state index contributed by atoms with van der Waals surface area (Å²) in [4.78, 5) is 16.6. The summed E-state index contributed by atoms with van der Waals surface area (Å²) in [7, 11) is 1.76. The highest BCUT2D eigenvalue weighted by atomic mass is 16.5. The standard InChI is InChI=1S/C21H36N8O/c1-30-13-3-9-27-8-2-10-28(12-11-27)20-25-17(19(22)23)14-18(26-20)29-15-21(16-29)4-6-24-7-5-21/h14,24H,2-13,15-16H2,1H3,(H3,22,23). The van der Waals surface area contributed by atoms with Crippen molar-refractivity contribution in [1.82, 2.24) is 20.2 Å². The van der Waals surface area contributed by atoms with E-state index in [1.54, 1.807) is 7.11 Å². The molecule has 4 N–H and O–H groups in total. The second kappa shape index (κ2) is 9.45. The molecule has 0 aromatic carbocycles. The Morgan fingerprint density at radius 3 is 2.70 bits per heavy atom. The highest BCUT2D eigenvalue weighted by molar-refractivity contribution is 5.94. The van der Waals surface area contributed by atoms with Gasteiger partial charge in [0, 0.05) is 64.5 Å². The fraction of sp³-hybridized carbons (Fsp3) is 0.762. The minimum Gasteiger partial charge on any atom is -0.385 e. The van der Waals surface area contributed by atoms with Crippen molar-refractivity contribution in [2.75, 3.05) is 82.4 Å². The van der Waals surface area contributed by atoms with Crippen LogP contribution in [0.5, 0.6) is 0 Å². The van der Waals surface area contributed by atoms with Gasteiger partial charge in [-0.2, -0.15) is 4.98 Å². The zero-order valence-electron chi connectivity index (χ0n) is 18.2. The van der Waals surface area contributed by atoms with Crippen LogP contribution < -0.4 is 20.9 Å². The van der Waals surface area contributed by atoms with Crippen LogP contribution in [0.15, 0.2) is 6.07 Å². The molecule has 9 nitrogen and oxygen atoms in total. The van der Waals surface area contributed by atoms with Gasteiger partial charge in [-0.3, -0.25) is 5.41 Å². The lowest BCUT2D eigenvalue weighted by Crippen LogP contribution is -2.60. The Bertz CT molecular complexity index is 728. The van der Waals surface area contributed by atoms with Crippen molar-refractivity contribution >= 4 is 17.6 Å². The molecule has 0 unspecified atom stereocenters. The number of piperidine rings is 1. The van der Waals surface area contributed by atoms with Crippen molar-refractivity contribution in [1.29, 1.82) is 5.41 Å². The van der Waals surface area contributed by atoms with Crippen molar-refractivity contribution in [2.24, 2.45) is 11.1 Å². The lowest BCUT2D eigenvalue weighted by Gasteiger charge is -2.53. The van der Waals surface area contributed by atoms with E-state index in [9.17, 15) is 0 Å². The summed E-state index contributed by atoms with van der Waals surface area (Å²) < 4.78 is 5.19. The third-order valence-corrected chi connectivity index (χ3v) is 6.71. The molecule has 3 aliphatic heterocycles. The normalized spacial score (nSPS) is 22.0. The van der Waals surface area contributed by atoms with E-state index >= 15 is 0 Å². The molecule has 30 heavy (non-hydrogen) atoms. The number of nitrogens with two attached hydrogens (primary N) is 1. The summed E-state index contributed by atoms with van der Waals surface area (Å²) in [5, 5.41) is 11.4. The zero-order valence-corrected chi connectivity index (χ0v) is 18.2. The Balaban J connectivity index is 1.44. The van der Waals surface area contributed by atoms with Gasteiger partial charge in [0.15, 0.2) is 0 Å². The Labute approximate surface area is 179 Å². The second-order valence-electron chi connectivity index (χ2n) is 8.96. The third kappa shape index (κ3) is 4.84. The van der Waals surface area contributed by atoms with E-state index in [0.29, 0.717) is 17.1 Å². The number of nitrogens with zero attached hydrogens (tertiary/aromatic N) is 5. The molecule has 3 fully saturated rings. The second-order valence-corrected chi connectivity index (χ2v) is 8.96. The molecular weight excluding hydrogens is 380 g/mol. The van der Waals surface area contributed by atoms with Crippen molar-refractivity contribution in [3.8, 4) is 0 Å². The van der Waals surface area contributed by atoms with Gasteiger partial charge in [-0.15, -0.1) is 0 Å². The summed E-state index contributed by atoms with van der Waals surface area (Å²) in [6, 6.07) is 1.88. The topological polar surface area (TPSA) is 107 Å². The van der Waals surface area contributed by atoms with Gasteiger partial charge in [-0.25, -0.2) is 4.98 Å². The van der Waals surface area contributed by atoms with Gasteiger partial charge in [0.2, 0.25) is 5.95 Å². The smallest absolute Gasteiger partial charge is 0.228 e. The number of amidine groups is 1. The molecule has 4 heterocycles. The highest BCUT2D eigenvalue weighted by Gasteiger charge is 2.44. The third-order valence-electron chi connectivity index (χ3n) is 6.71. The first kappa shape index (κ1) is 21.3. The predicted molar refractivity (Wildman–Crippen MR) is 120 cm³/mol. The molecule has 0 amide bonds. The molecule has 0 aliphatic carbocycles. The summed E-state index contributed by atoms with van der Waals surface area (Å²) in [5.74, 6) is 1.63. The van der Waals surface area contributed by atoms with Crippen LogP contribution in [-0.4, -0.2) is 93.3 Å². The molecule has 1 spiro atoms. The first-order chi connectivity index (χ1) is 14.6. The van der Waals surface area contributed by atoms with Crippen molar-refractivity contribution in [3.63, 3.8) is 0 Å². The number of rotatable bonds is 7. The maximum absolute atomic E-state index is 7.94. The molecule has 4 rings (SSSR count). The van der Waals surface area contributed by atoms with E-state index in [1.165, 1.54) is 12.8 Å². The molecular formula is C21H36N8O. The Morgan fingerprint density at radius 2 is 1.97 bits per heavy atom. The molecule has 3 aliphatic rings. The van der Waals surface area contributed by atoms with Gasteiger partial charge in [0.1, 0.15) is 17.3 Å². The zero-order chi connectivity index (χ0) is 21.0. The maximum atomic E-state index is 7.94. The average Bonchev–Trinajstić information content (AvgIpc) is 2.98. The van der Waals surface area contributed by atoms with Crippen LogP contribution in [0.1, 0.15) is 31.4 Å². The van der Waals surface area contributed by atoms with Crippen LogP contribution in [0.3, 0.4) is 0 Å². The lowest BCUT2D eigenvalue weighted by atomic mass is 9.72. The van der Waals surface area contributed by atoms with Gasteiger partial charge in [-0.1, -0.05) is 0 Å². The lowest BCUT2D eigenvalue weighted by molar-refractivity contribution is 0.149. The summed E-state index contributed by atoms with van der Waals surface area (Å²) in [6.45, 7) is 10.1. The molecule has 0 bridgehead atoms. The molecule has 0 saturated carbocycles. The molecule has 0 radical (unpaired) electrons. The van der Waals surface area contributed by atoms with Crippen molar-refractivity contribution < 1.29 is 4.74 Å². The van der Waals surface area contributed by atoms with Crippen LogP contribution in [0.25, 0.3) is 0 Å². The number of anilines is 2. The number of nitrogen functional groups attached to an aromatic ring is 1. The molecule has 1 aromatic heterocycles. The van der Waals surface area contributed by atoms with E-state index in [-0.39, 0.29) is 5.84 Å². The van der Waals surface area contributed by atoms with Crippen LogP contribution in [0.2, 0.25) is 0 Å². The maximum Gasteiger partial charge on any atom is 0.228 e. The average molecular weight is 417 g/mol. The van der Waals surface area contributed by atoms with Gasteiger partial charge in [0.05, 0.1) is 0 Å². The molecule has 3 saturated heterocycles. The van der Waals surface area contributed by atoms with E-state index in [0.717, 1.165) is 84.2 Å². The monoisotopic (exact) mass is 416 g/mol. The highest BCUT2D eigenvalue weighted by Crippen LogP contribution is 2.40. The number of aromatic nitrogens is 2. The Hall–Kier alpha value is -1.97. The Morgan fingerprint density at radius 1 is 1.17 bits per heavy atom. The minimum absolute atomic E-state index is 0.00742. The molecule has 1 aromatic rings. The summed E-state index contributed by atoms with van der Waals surface area (Å²) >= 11 is 0. The SMILES string of the molecule is COCCCN1CCCN(c2nc(C(=N)N)cc(N3CC4(CCNCC4)C3)n2)CC1. The van der Waals surface area contributed by atoms with Crippen LogP contribution in [0, 0.1) is 10.8 Å². The van der Waals surface area contributed by atoms with Crippen molar-refractivity contribution in [3.05, 3.63) is 11.8 Å². The molecule has 166 valence electrons. The predicted octanol–water partition coefficient (Wildman–Crippen LogP) is 0.499. The fourth-order valence-electron chi connectivity index (χ4n) is 4.89. The van der Waals surface area contributed by atoms with E-state index in [2.05, 4.69) is 25.0 Å². The number of hydrogen-bond acceptors (Lipinski definition) is 8. The molecule has 0 atom stereocenters. The van der Waals surface area contributed by atoms with Crippen LogP contribution in [0.4, 0.5) is 11.8 Å². The number of ether oxygens (including phenoxy) is 1. The van der Waals surface area contributed by atoms with Crippen LogP contribution >= 0.6 is 0 Å². The van der Waals surface area contributed by atoms with Crippen molar-refractivity contribution in [2.45, 2.75) is 25.7 Å². The minimum atomic E-state index is 0.00742. The fourth-order valence-corrected chi connectivity index (χ4v) is 4.89. The summed E-state index contributed by atoms with van der Waals surface area (Å²) in [5.41, 5.74) is 6.78. The number of methoxy groups -OCH3 is 1. The summed E-state index contributed by atoms with van der Waals surface area (Å²) in [6.07, 6.45) is 4.59. The number of nitrogens with one attached hydrogen (secondary N) is 2. The number of hydrogen-bond donors (Lipinski definition) is 3. The first-order valence-electron chi connectivity index (χ1n) is 11.2. The van der Waals surface area contributed by atoms with E-state index < -0.39 is 0 Å². The molecule has 9 heteroatoms. The van der Waals surface area contributed by atoms with Gasteiger partial charge >= 0.3 is 0 Å². The van der Waals surface area contributed by atoms with E-state index in [1.807, 2.05) is 6.07 Å². The van der Waals surface area contributed by atoms with Gasteiger partial charge in [-0.05, 0) is 45.3 Å². The van der Waals surface area contributed by atoms with Crippen LogP contribution in [-0.2, 0) is 4.74 Å². The Kier molecular flexibility index (Phi) is 6.70. The van der Waals surface area contributed by atoms with Gasteiger partial charge < -0.3 is 30.5 Å². The largest absolute Gasteiger partial charge is 0.385 e. The van der Waals surface area contributed by atoms with Gasteiger partial charge in [0.25, 0.3) is 0 Å². The van der Waals surface area contributed by atoms with E-state index in [4.69, 9.17) is 20.9 Å². The first-order valence-corrected chi connectivity index (χ1v) is 11.2. The quantitative estimate of drug-likeness (QED) is 0.335.